The highest BCUT2D eigenvalue weighted by atomic mass is 14.4. The van der Waals surface area contributed by atoms with Gasteiger partial charge >= 0.3 is 0 Å². The van der Waals surface area contributed by atoms with Crippen LogP contribution in [0.2, 0.25) is 0 Å². The van der Waals surface area contributed by atoms with E-state index in [1.165, 1.54) is 44.1 Å². The molecule has 0 heteroatoms. The van der Waals surface area contributed by atoms with Crippen LogP contribution >= 0.6 is 0 Å². The number of fused-ring (bicyclic) bond motifs is 2. The smallest absolute Gasteiger partial charge is 0.00959 e. The first-order valence-corrected chi connectivity index (χ1v) is 10.4. The summed E-state index contributed by atoms with van der Waals surface area (Å²) in [4.78, 5) is 0. The summed E-state index contributed by atoms with van der Waals surface area (Å²) in [6.45, 7) is 16.8. The normalized spacial score (nSPS) is 36.0. The van der Waals surface area contributed by atoms with Crippen molar-refractivity contribution in [3.63, 3.8) is 0 Å². The summed E-state index contributed by atoms with van der Waals surface area (Å²) in [5, 5.41) is 0. The Balaban J connectivity index is 0.000000671. The minimum atomic E-state index is 0.624. The molecule has 0 radical (unpaired) electrons. The third-order valence-electron chi connectivity index (χ3n) is 5.60. The molecule has 0 nitrogen and oxygen atoms in total. The van der Waals surface area contributed by atoms with Crippen molar-refractivity contribution in [2.75, 3.05) is 0 Å². The van der Waals surface area contributed by atoms with Gasteiger partial charge < -0.3 is 0 Å². The minimum absolute atomic E-state index is 0.624. The van der Waals surface area contributed by atoms with Gasteiger partial charge in [0.1, 0.15) is 0 Å². The molecule has 0 aromatic heterocycles. The fourth-order valence-corrected chi connectivity index (χ4v) is 4.11. The zero-order valence-electron chi connectivity index (χ0n) is 17.1. The summed E-state index contributed by atoms with van der Waals surface area (Å²) in [7, 11) is 0. The number of rotatable bonds is 1. The van der Waals surface area contributed by atoms with E-state index in [1.54, 1.807) is 11.1 Å². The lowest BCUT2D eigenvalue weighted by atomic mass is 9.74. The fraction of sp³-hybridized carbons (Fsp3) is 0.667. The van der Waals surface area contributed by atoms with Gasteiger partial charge in [-0.05, 0) is 80.3 Å². The van der Waals surface area contributed by atoms with Crippen molar-refractivity contribution in [1.29, 1.82) is 0 Å². The second kappa shape index (κ2) is 10.7. The van der Waals surface area contributed by atoms with E-state index in [0.717, 1.165) is 11.8 Å². The number of hydrogen-bond acceptors (Lipinski definition) is 0. The van der Waals surface area contributed by atoms with Crippen molar-refractivity contribution >= 4 is 0 Å². The number of hydrogen-bond donors (Lipinski definition) is 0. The third-order valence-corrected chi connectivity index (χ3v) is 5.60. The highest BCUT2D eigenvalue weighted by molar-refractivity contribution is 5.35. The number of allylic oxidation sites excluding steroid dienone is 7. The highest BCUT2D eigenvalue weighted by Crippen LogP contribution is 2.47. The van der Waals surface area contributed by atoms with Gasteiger partial charge in [-0.15, -0.1) is 0 Å². The maximum Gasteiger partial charge on any atom is -0.00959 e. The van der Waals surface area contributed by atoms with Gasteiger partial charge in [-0.2, -0.15) is 0 Å². The van der Waals surface area contributed by atoms with E-state index in [2.05, 4.69) is 44.7 Å². The molecule has 3 aliphatic carbocycles. The molecule has 3 aliphatic rings. The second-order valence-corrected chi connectivity index (χ2v) is 7.09. The molecule has 0 spiro atoms. The van der Waals surface area contributed by atoms with Gasteiger partial charge in [0.2, 0.25) is 0 Å². The van der Waals surface area contributed by atoms with Crippen LogP contribution in [0.3, 0.4) is 0 Å². The lowest BCUT2D eigenvalue weighted by Crippen LogP contribution is -2.18. The molecule has 136 valence electrons. The molecule has 0 saturated heterocycles. The van der Waals surface area contributed by atoms with Gasteiger partial charge in [0.05, 0.1) is 0 Å². The van der Waals surface area contributed by atoms with Crippen molar-refractivity contribution < 1.29 is 0 Å². The summed E-state index contributed by atoms with van der Waals surface area (Å²) in [5.74, 6) is 3.20. The molecule has 24 heavy (non-hydrogen) atoms. The molecule has 0 aliphatic heterocycles. The summed E-state index contributed by atoms with van der Waals surface area (Å²) >= 11 is 0. The molecule has 1 saturated carbocycles. The molecule has 0 N–H and O–H groups in total. The molecule has 0 amide bonds. The van der Waals surface area contributed by atoms with Crippen LogP contribution in [0.1, 0.15) is 80.1 Å². The molecule has 0 aromatic carbocycles. The molecule has 1 fully saturated rings. The van der Waals surface area contributed by atoms with E-state index in [0.29, 0.717) is 11.8 Å². The Morgan fingerprint density at radius 2 is 1.83 bits per heavy atom. The first-order chi connectivity index (χ1) is 11.7. The highest BCUT2D eigenvalue weighted by Gasteiger charge is 2.36. The molecule has 3 unspecified atom stereocenters. The topological polar surface area (TPSA) is 0 Å². The monoisotopic (exact) mass is 328 g/mol. The van der Waals surface area contributed by atoms with Crippen molar-refractivity contribution in [3.8, 4) is 0 Å². The van der Waals surface area contributed by atoms with Gasteiger partial charge in [0, 0.05) is 0 Å². The van der Waals surface area contributed by atoms with E-state index in [-0.39, 0.29) is 0 Å². The SMILES string of the molecule is C=C/C1=C/CCC[C@H]2CC2/C=C2/C=C(C)CCC2C1C.CC.CC. The van der Waals surface area contributed by atoms with E-state index in [1.807, 2.05) is 27.7 Å². The molecule has 3 rings (SSSR count). The Morgan fingerprint density at radius 3 is 2.50 bits per heavy atom. The Morgan fingerprint density at radius 1 is 1.12 bits per heavy atom. The van der Waals surface area contributed by atoms with Gasteiger partial charge in [-0.3, -0.25) is 0 Å². The van der Waals surface area contributed by atoms with Crippen LogP contribution < -0.4 is 0 Å². The van der Waals surface area contributed by atoms with E-state index < -0.39 is 0 Å². The Labute approximate surface area is 151 Å². The van der Waals surface area contributed by atoms with Crippen LogP contribution in [0.25, 0.3) is 0 Å². The first kappa shape index (κ1) is 21.0. The zero-order chi connectivity index (χ0) is 18.1. The van der Waals surface area contributed by atoms with Crippen molar-refractivity contribution in [1.82, 2.24) is 0 Å². The average molecular weight is 329 g/mol. The van der Waals surface area contributed by atoms with E-state index >= 15 is 0 Å². The van der Waals surface area contributed by atoms with Crippen LogP contribution in [0.15, 0.2) is 47.6 Å². The van der Waals surface area contributed by atoms with Gasteiger partial charge in [-0.25, -0.2) is 0 Å². The lowest BCUT2D eigenvalue weighted by molar-refractivity contribution is 0.433. The van der Waals surface area contributed by atoms with Crippen molar-refractivity contribution in [3.05, 3.63) is 47.6 Å². The average Bonchev–Trinajstić information content (AvgIpc) is 3.35. The van der Waals surface area contributed by atoms with E-state index in [4.69, 9.17) is 0 Å². The van der Waals surface area contributed by atoms with Gasteiger partial charge in [0.25, 0.3) is 0 Å². The summed E-state index contributed by atoms with van der Waals surface area (Å²) in [6, 6.07) is 0. The predicted molar refractivity (Wildman–Crippen MR) is 110 cm³/mol. The van der Waals surface area contributed by atoms with Crippen LogP contribution in [0.4, 0.5) is 0 Å². The quantitative estimate of drug-likeness (QED) is 0.459. The van der Waals surface area contributed by atoms with E-state index in [9.17, 15) is 0 Å². The van der Waals surface area contributed by atoms with Gasteiger partial charge in [0.15, 0.2) is 0 Å². The summed E-state index contributed by atoms with van der Waals surface area (Å²) in [5.41, 5.74) is 4.67. The maximum absolute atomic E-state index is 4.06. The van der Waals surface area contributed by atoms with Crippen LogP contribution in [0.5, 0.6) is 0 Å². The fourth-order valence-electron chi connectivity index (χ4n) is 4.11. The predicted octanol–water partition coefficient (Wildman–Crippen LogP) is 7.89. The minimum Gasteiger partial charge on any atom is -0.0988 e. The largest absolute Gasteiger partial charge is 0.0988 e. The van der Waals surface area contributed by atoms with Crippen LogP contribution in [0, 0.1) is 23.7 Å². The van der Waals surface area contributed by atoms with Crippen molar-refractivity contribution in [2.45, 2.75) is 80.1 Å². The molecule has 0 aromatic rings. The van der Waals surface area contributed by atoms with Crippen molar-refractivity contribution in [2.24, 2.45) is 23.7 Å². The van der Waals surface area contributed by atoms with Crippen LogP contribution in [-0.2, 0) is 0 Å². The molecule has 4 atom stereocenters. The lowest BCUT2D eigenvalue weighted by Gasteiger charge is -2.30. The second-order valence-electron chi connectivity index (χ2n) is 7.09. The van der Waals surface area contributed by atoms with Gasteiger partial charge in [-0.1, -0.05) is 71.1 Å². The standard InChI is InChI=1S/C20H28.2C2H6/c1-4-16-7-5-6-8-17-12-18(17)13-19-11-14(2)9-10-20(19)15(16)3;2*1-2/h4,7,11,13,15,17-18,20H,1,5-6,8-10,12H2,2-3H3;2*1-2H3/b16-7-,19-13-;;/t15?,17-,18?,20?;;/m0../s1. The zero-order valence-corrected chi connectivity index (χ0v) is 17.1. The molecule has 0 heterocycles. The maximum atomic E-state index is 4.06. The summed E-state index contributed by atoms with van der Waals surface area (Å²) in [6.07, 6.45) is 17.7. The Bertz CT molecular complexity index is 474. The molecular formula is C24H40. The third kappa shape index (κ3) is 5.50. The Hall–Kier alpha value is -1.04. The summed E-state index contributed by atoms with van der Waals surface area (Å²) < 4.78 is 0. The molecule has 0 bridgehead atoms. The Kier molecular flexibility index (Phi) is 9.41. The first-order valence-electron chi connectivity index (χ1n) is 10.4. The van der Waals surface area contributed by atoms with Crippen LogP contribution in [-0.4, -0.2) is 0 Å². The molecular weight excluding hydrogens is 288 g/mol.